The molecule has 0 aliphatic heterocycles. The fourth-order valence-electron chi connectivity index (χ4n) is 1.97. The molecular formula is C16H26N2O2. The number of nitrogens with one attached hydrogen (secondary N) is 1. The smallest absolute Gasteiger partial charge is 0.241 e. The molecule has 1 amide bonds. The number of amides is 1. The SMILES string of the molecule is CCc1cccc(NC(=O)C(C)N(C)CCCOC)c1. The van der Waals surface area contributed by atoms with Gasteiger partial charge in [0.05, 0.1) is 6.04 Å². The van der Waals surface area contributed by atoms with Gasteiger partial charge in [0.25, 0.3) is 0 Å². The van der Waals surface area contributed by atoms with E-state index in [0.717, 1.165) is 31.7 Å². The van der Waals surface area contributed by atoms with Crippen LogP contribution in [0.4, 0.5) is 5.69 Å². The van der Waals surface area contributed by atoms with Crippen molar-refractivity contribution in [3.8, 4) is 0 Å². The van der Waals surface area contributed by atoms with Crippen LogP contribution in [0.5, 0.6) is 0 Å². The Bertz CT molecular complexity index is 421. The summed E-state index contributed by atoms with van der Waals surface area (Å²) in [5, 5.41) is 2.98. The quantitative estimate of drug-likeness (QED) is 0.743. The maximum absolute atomic E-state index is 12.2. The molecule has 0 saturated heterocycles. The van der Waals surface area contributed by atoms with Gasteiger partial charge in [-0.25, -0.2) is 0 Å². The lowest BCUT2D eigenvalue weighted by Crippen LogP contribution is -2.40. The maximum Gasteiger partial charge on any atom is 0.241 e. The third-order valence-corrected chi connectivity index (χ3v) is 3.50. The third kappa shape index (κ3) is 5.31. The van der Waals surface area contributed by atoms with E-state index in [1.807, 2.05) is 37.1 Å². The lowest BCUT2D eigenvalue weighted by Gasteiger charge is -2.23. The van der Waals surface area contributed by atoms with Crippen LogP contribution >= 0.6 is 0 Å². The molecule has 0 fully saturated rings. The summed E-state index contributed by atoms with van der Waals surface area (Å²) < 4.78 is 5.03. The molecule has 1 N–H and O–H groups in total. The van der Waals surface area contributed by atoms with Crippen molar-refractivity contribution >= 4 is 11.6 Å². The van der Waals surface area contributed by atoms with Crippen LogP contribution in [0.25, 0.3) is 0 Å². The Morgan fingerprint density at radius 3 is 2.85 bits per heavy atom. The van der Waals surface area contributed by atoms with Crippen LogP contribution < -0.4 is 5.32 Å². The van der Waals surface area contributed by atoms with E-state index in [9.17, 15) is 4.79 Å². The average molecular weight is 278 g/mol. The van der Waals surface area contributed by atoms with E-state index >= 15 is 0 Å². The highest BCUT2D eigenvalue weighted by Gasteiger charge is 2.17. The van der Waals surface area contributed by atoms with Gasteiger partial charge in [0, 0.05) is 25.9 Å². The highest BCUT2D eigenvalue weighted by Crippen LogP contribution is 2.12. The van der Waals surface area contributed by atoms with E-state index in [2.05, 4.69) is 18.3 Å². The lowest BCUT2D eigenvalue weighted by molar-refractivity contribution is -0.120. The van der Waals surface area contributed by atoms with Gasteiger partial charge in [0.15, 0.2) is 0 Å². The van der Waals surface area contributed by atoms with Crippen molar-refractivity contribution in [2.75, 3.05) is 32.6 Å². The van der Waals surface area contributed by atoms with E-state index in [1.54, 1.807) is 7.11 Å². The molecule has 0 aliphatic carbocycles. The molecule has 1 aromatic carbocycles. The average Bonchev–Trinajstić information content (AvgIpc) is 2.46. The molecule has 1 aromatic rings. The van der Waals surface area contributed by atoms with Crippen molar-refractivity contribution in [2.45, 2.75) is 32.7 Å². The van der Waals surface area contributed by atoms with Gasteiger partial charge in [-0.1, -0.05) is 19.1 Å². The molecular weight excluding hydrogens is 252 g/mol. The Kier molecular flexibility index (Phi) is 7.26. The minimum absolute atomic E-state index is 0.0261. The Hall–Kier alpha value is -1.39. The molecule has 4 nitrogen and oxygen atoms in total. The van der Waals surface area contributed by atoms with Gasteiger partial charge in [-0.2, -0.15) is 0 Å². The molecule has 0 spiro atoms. The molecule has 0 saturated carbocycles. The number of hydrogen-bond donors (Lipinski definition) is 1. The van der Waals surface area contributed by atoms with Crippen LogP contribution in [0.2, 0.25) is 0 Å². The summed E-state index contributed by atoms with van der Waals surface area (Å²) in [6, 6.07) is 7.83. The number of carbonyl (C=O) groups is 1. The molecule has 0 aromatic heterocycles. The standard InChI is InChI=1S/C16H26N2O2/c1-5-14-8-6-9-15(12-14)17-16(19)13(2)18(3)10-7-11-20-4/h6,8-9,12-13H,5,7,10-11H2,1-4H3,(H,17,19). The first-order valence-electron chi connectivity index (χ1n) is 7.17. The summed E-state index contributed by atoms with van der Waals surface area (Å²) in [4.78, 5) is 14.2. The van der Waals surface area contributed by atoms with E-state index in [4.69, 9.17) is 4.74 Å². The van der Waals surface area contributed by atoms with Gasteiger partial charge in [-0.15, -0.1) is 0 Å². The highest BCUT2D eigenvalue weighted by molar-refractivity contribution is 5.94. The van der Waals surface area contributed by atoms with Crippen molar-refractivity contribution in [2.24, 2.45) is 0 Å². The number of likely N-dealkylation sites (N-methyl/N-ethyl adjacent to an activating group) is 1. The molecule has 0 radical (unpaired) electrons. The number of methoxy groups -OCH3 is 1. The molecule has 112 valence electrons. The number of aryl methyl sites for hydroxylation is 1. The maximum atomic E-state index is 12.2. The van der Waals surface area contributed by atoms with E-state index in [-0.39, 0.29) is 11.9 Å². The number of ether oxygens (including phenoxy) is 1. The lowest BCUT2D eigenvalue weighted by atomic mass is 10.1. The predicted octanol–water partition coefficient (Wildman–Crippen LogP) is 2.54. The molecule has 0 bridgehead atoms. The molecule has 1 unspecified atom stereocenters. The summed E-state index contributed by atoms with van der Waals surface area (Å²) in [5.41, 5.74) is 2.09. The van der Waals surface area contributed by atoms with Crippen LogP contribution in [0.1, 0.15) is 25.8 Å². The minimum Gasteiger partial charge on any atom is -0.385 e. The van der Waals surface area contributed by atoms with Gasteiger partial charge >= 0.3 is 0 Å². The first kappa shape index (κ1) is 16.7. The molecule has 0 aliphatic rings. The van der Waals surface area contributed by atoms with Crippen molar-refractivity contribution in [1.29, 1.82) is 0 Å². The molecule has 20 heavy (non-hydrogen) atoms. The number of hydrogen-bond acceptors (Lipinski definition) is 3. The van der Waals surface area contributed by atoms with Crippen LogP contribution in [-0.4, -0.2) is 44.2 Å². The first-order valence-corrected chi connectivity index (χ1v) is 7.17. The van der Waals surface area contributed by atoms with Crippen LogP contribution in [-0.2, 0) is 16.0 Å². The van der Waals surface area contributed by atoms with Crippen molar-refractivity contribution in [3.05, 3.63) is 29.8 Å². The second kappa shape index (κ2) is 8.72. The fraction of sp³-hybridized carbons (Fsp3) is 0.562. The minimum atomic E-state index is -0.155. The van der Waals surface area contributed by atoms with E-state index in [0.29, 0.717) is 0 Å². The molecule has 1 atom stereocenters. The van der Waals surface area contributed by atoms with Gasteiger partial charge in [0.2, 0.25) is 5.91 Å². The van der Waals surface area contributed by atoms with Crippen LogP contribution in [0.3, 0.4) is 0 Å². The van der Waals surface area contributed by atoms with Crippen LogP contribution in [0, 0.1) is 0 Å². The van der Waals surface area contributed by atoms with E-state index in [1.165, 1.54) is 5.56 Å². The monoisotopic (exact) mass is 278 g/mol. The van der Waals surface area contributed by atoms with Gasteiger partial charge < -0.3 is 10.1 Å². The summed E-state index contributed by atoms with van der Waals surface area (Å²) >= 11 is 0. The molecule has 0 heterocycles. The Morgan fingerprint density at radius 1 is 1.45 bits per heavy atom. The number of nitrogens with zero attached hydrogens (tertiary/aromatic N) is 1. The zero-order valence-corrected chi connectivity index (χ0v) is 13.0. The van der Waals surface area contributed by atoms with Crippen molar-refractivity contribution < 1.29 is 9.53 Å². The highest BCUT2D eigenvalue weighted by atomic mass is 16.5. The Balaban J connectivity index is 2.51. The molecule has 1 rings (SSSR count). The normalized spacial score (nSPS) is 12.4. The number of anilines is 1. The second-order valence-electron chi connectivity index (χ2n) is 5.05. The summed E-state index contributed by atoms with van der Waals surface area (Å²) in [6.07, 6.45) is 1.89. The first-order chi connectivity index (χ1) is 9.58. The topological polar surface area (TPSA) is 41.6 Å². The largest absolute Gasteiger partial charge is 0.385 e. The van der Waals surface area contributed by atoms with Crippen LogP contribution in [0.15, 0.2) is 24.3 Å². The number of benzene rings is 1. The summed E-state index contributed by atoms with van der Waals surface area (Å²) in [6.45, 7) is 5.59. The summed E-state index contributed by atoms with van der Waals surface area (Å²) in [7, 11) is 3.65. The zero-order valence-electron chi connectivity index (χ0n) is 13.0. The molecule has 4 heteroatoms. The fourth-order valence-corrected chi connectivity index (χ4v) is 1.97. The van der Waals surface area contributed by atoms with Gasteiger partial charge in [0.1, 0.15) is 0 Å². The summed E-state index contributed by atoms with van der Waals surface area (Å²) in [5.74, 6) is 0.0261. The predicted molar refractivity (Wildman–Crippen MR) is 83.0 cm³/mol. The Labute approximate surface area is 122 Å². The van der Waals surface area contributed by atoms with E-state index < -0.39 is 0 Å². The van der Waals surface area contributed by atoms with Gasteiger partial charge in [-0.3, -0.25) is 9.69 Å². The zero-order chi connectivity index (χ0) is 15.0. The second-order valence-corrected chi connectivity index (χ2v) is 5.05. The Morgan fingerprint density at radius 2 is 2.20 bits per heavy atom. The van der Waals surface area contributed by atoms with Crippen molar-refractivity contribution in [1.82, 2.24) is 4.90 Å². The number of rotatable bonds is 8. The van der Waals surface area contributed by atoms with Gasteiger partial charge in [-0.05, 0) is 44.5 Å². The van der Waals surface area contributed by atoms with Crippen molar-refractivity contribution in [3.63, 3.8) is 0 Å². The third-order valence-electron chi connectivity index (χ3n) is 3.50. The number of carbonyl (C=O) groups excluding carboxylic acids is 1.